The highest BCUT2D eigenvalue weighted by atomic mass is 16.6. The molecule has 0 saturated carbocycles. The zero-order valence-corrected chi connectivity index (χ0v) is 10.5. The van der Waals surface area contributed by atoms with E-state index in [1.165, 1.54) is 37.9 Å². The maximum atomic E-state index is 11.6. The average Bonchev–Trinajstić information content (AvgIpc) is 2.44. The van der Waals surface area contributed by atoms with Crippen LogP contribution in [-0.2, 0) is 0 Å². The van der Waals surface area contributed by atoms with E-state index in [0.717, 1.165) is 0 Å². The van der Waals surface area contributed by atoms with Crippen molar-refractivity contribution in [3.05, 3.63) is 50.7 Å². The highest BCUT2D eigenvalue weighted by Crippen LogP contribution is 2.28. The molecule has 8 nitrogen and oxygen atoms in total. The van der Waals surface area contributed by atoms with Crippen LogP contribution in [0.25, 0.3) is 16.5 Å². The predicted octanol–water partition coefficient (Wildman–Crippen LogP) is 0.832. The smallest absolute Gasteiger partial charge is 0.278 e. The van der Waals surface area contributed by atoms with E-state index >= 15 is 0 Å². The second-order valence-corrected chi connectivity index (χ2v) is 3.88. The second-order valence-electron chi connectivity index (χ2n) is 3.88. The number of nitro benzene ring substituents is 1. The summed E-state index contributed by atoms with van der Waals surface area (Å²) < 4.78 is 0. The molecule has 1 aromatic carbocycles. The summed E-state index contributed by atoms with van der Waals surface area (Å²) in [6.45, 7) is 0. The molecule has 8 heteroatoms. The van der Waals surface area contributed by atoms with Crippen molar-refractivity contribution in [1.29, 1.82) is 0 Å². The van der Waals surface area contributed by atoms with Crippen LogP contribution in [0.4, 0.5) is 5.69 Å². The number of benzene rings is 1. The van der Waals surface area contributed by atoms with Crippen molar-refractivity contribution in [2.45, 2.75) is 0 Å². The third kappa shape index (κ3) is 2.26. The predicted molar refractivity (Wildman–Crippen MR) is 75.6 cm³/mol. The van der Waals surface area contributed by atoms with Gasteiger partial charge in [-0.3, -0.25) is 19.9 Å². The number of aliphatic imine (C=N–C) groups is 1. The molecule has 0 aliphatic rings. The van der Waals surface area contributed by atoms with E-state index in [9.17, 15) is 14.9 Å². The van der Waals surface area contributed by atoms with Gasteiger partial charge in [-0.2, -0.15) is 0 Å². The zero-order valence-electron chi connectivity index (χ0n) is 10.5. The Morgan fingerprint density at radius 3 is 2.90 bits per heavy atom. The van der Waals surface area contributed by atoms with Gasteiger partial charge in [-0.05, 0) is 6.07 Å². The van der Waals surface area contributed by atoms with Crippen molar-refractivity contribution in [1.82, 2.24) is 9.97 Å². The van der Waals surface area contributed by atoms with Gasteiger partial charge in [0.05, 0.1) is 27.7 Å². The molecule has 3 N–H and O–H groups in total. The number of nitrogens with two attached hydrogens (primary N) is 1. The number of nitro groups is 1. The third-order valence-electron chi connectivity index (χ3n) is 2.71. The van der Waals surface area contributed by atoms with Crippen LogP contribution in [0.2, 0.25) is 0 Å². The molecule has 1 heterocycles. The van der Waals surface area contributed by atoms with Gasteiger partial charge in [0.2, 0.25) is 0 Å². The largest absolute Gasteiger partial charge is 0.404 e. The van der Waals surface area contributed by atoms with Crippen molar-refractivity contribution >= 4 is 28.4 Å². The number of rotatable bonds is 3. The van der Waals surface area contributed by atoms with Crippen molar-refractivity contribution in [3.8, 4) is 0 Å². The molecular formula is C12H11N5O3. The molecule has 2 aromatic rings. The lowest BCUT2D eigenvalue weighted by atomic mass is 10.0. The van der Waals surface area contributed by atoms with Gasteiger partial charge in [0.15, 0.2) is 0 Å². The molecule has 0 spiro atoms. The molecule has 0 aliphatic heterocycles. The van der Waals surface area contributed by atoms with Crippen LogP contribution in [-0.4, -0.2) is 28.2 Å². The van der Waals surface area contributed by atoms with E-state index in [-0.39, 0.29) is 16.6 Å². The Hall–Kier alpha value is -3.03. The van der Waals surface area contributed by atoms with Gasteiger partial charge in [-0.25, -0.2) is 4.98 Å². The Morgan fingerprint density at radius 2 is 2.30 bits per heavy atom. The van der Waals surface area contributed by atoms with E-state index in [2.05, 4.69) is 15.0 Å². The first kappa shape index (κ1) is 13.4. The molecule has 20 heavy (non-hydrogen) atoms. The Kier molecular flexibility index (Phi) is 3.56. The summed E-state index contributed by atoms with van der Waals surface area (Å²) in [7, 11) is 1.53. The van der Waals surface area contributed by atoms with Gasteiger partial charge in [0.1, 0.15) is 0 Å². The van der Waals surface area contributed by atoms with E-state index in [1.807, 2.05) is 0 Å². The average molecular weight is 273 g/mol. The van der Waals surface area contributed by atoms with E-state index in [1.54, 1.807) is 0 Å². The van der Waals surface area contributed by atoms with Crippen LogP contribution >= 0.6 is 0 Å². The summed E-state index contributed by atoms with van der Waals surface area (Å²) in [6, 6.07) is 2.63. The molecule has 0 radical (unpaired) electrons. The zero-order chi connectivity index (χ0) is 14.7. The molecular weight excluding hydrogens is 262 g/mol. The van der Waals surface area contributed by atoms with Crippen LogP contribution in [0.5, 0.6) is 0 Å². The summed E-state index contributed by atoms with van der Waals surface area (Å²) in [5, 5.41) is 11.3. The molecule has 0 atom stereocenters. The molecule has 2 rings (SSSR count). The van der Waals surface area contributed by atoms with Gasteiger partial charge in [0.25, 0.3) is 11.2 Å². The maximum absolute atomic E-state index is 11.6. The lowest BCUT2D eigenvalue weighted by Gasteiger charge is -2.05. The molecule has 0 saturated heterocycles. The first-order valence-electron chi connectivity index (χ1n) is 5.58. The minimum atomic E-state index is -0.575. The number of nitrogens with zero attached hydrogens (tertiary/aromatic N) is 3. The van der Waals surface area contributed by atoms with Crippen LogP contribution < -0.4 is 11.3 Å². The standard InChI is InChI=1S/C12H11N5O3/c1-14-5-7(4-13)8-2-10-9(3-11(8)17(19)20)12(18)16-6-15-10/h2-6H,13H2,1H3,(H,15,16,18). The molecule has 0 amide bonds. The minimum Gasteiger partial charge on any atom is -0.404 e. The molecule has 0 fully saturated rings. The van der Waals surface area contributed by atoms with Crippen LogP contribution in [0.1, 0.15) is 5.56 Å². The number of aromatic nitrogens is 2. The van der Waals surface area contributed by atoms with E-state index in [0.29, 0.717) is 11.1 Å². The van der Waals surface area contributed by atoms with Crippen molar-refractivity contribution in [3.63, 3.8) is 0 Å². The van der Waals surface area contributed by atoms with Crippen molar-refractivity contribution in [2.24, 2.45) is 10.7 Å². The lowest BCUT2D eigenvalue weighted by molar-refractivity contribution is -0.385. The third-order valence-corrected chi connectivity index (χ3v) is 2.71. The van der Waals surface area contributed by atoms with Crippen LogP contribution in [0.15, 0.2) is 34.4 Å². The molecule has 1 aromatic heterocycles. The summed E-state index contributed by atoms with van der Waals surface area (Å²) in [5.74, 6) is 0. The first-order valence-corrected chi connectivity index (χ1v) is 5.58. The number of hydrogen-bond donors (Lipinski definition) is 2. The molecule has 0 bridgehead atoms. The van der Waals surface area contributed by atoms with E-state index < -0.39 is 10.5 Å². The maximum Gasteiger partial charge on any atom is 0.278 e. The normalized spacial score (nSPS) is 12.2. The Balaban J connectivity index is 2.86. The fourth-order valence-corrected chi connectivity index (χ4v) is 1.83. The van der Waals surface area contributed by atoms with Crippen molar-refractivity contribution in [2.75, 3.05) is 7.05 Å². The monoisotopic (exact) mass is 273 g/mol. The number of H-pyrrole nitrogens is 1. The van der Waals surface area contributed by atoms with Crippen LogP contribution in [0.3, 0.4) is 0 Å². The second kappa shape index (κ2) is 5.31. The first-order chi connectivity index (χ1) is 9.58. The lowest BCUT2D eigenvalue weighted by Crippen LogP contribution is -2.08. The van der Waals surface area contributed by atoms with Gasteiger partial charge in [-0.15, -0.1) is 0 Å². The van der Waals surface area contributed by atoms with Gasteiger partial charge < -0.3 is 10.7 Å². The van der Waals surface area contributed by atoms with E-state index in [4.69, 9.17) is 5.73 Å². The summed E-state index contributed by atoms with van der Waals surface area (Å²) in [5.41, 5.74) is 5.78. The number of allylic oxidation sites excluding steroid dienone is 1. The topological polar surface area (TPSA) is 127 Å². The summed E-state index contributed by atoms with van der Waals surface area (Å²) >= 11 is 0. The van der Waals surface area contributed by atoms with Crippen molar-refractivity contribution < 1.29 is 4.92 Å². The SMILES string of the molecule is CN=CC(=CN)c1cc2nc[nH]c(=O)c2cc1[N+](=O)[O-]. The summed E-state index contributed by atoms with van der Waals surface area (Å²) in [6.07, 6.45) is 3.86. The Morgan fingerprint density at radius 1 is 1.55 bits per heavy atom. The molecule has 102 valence electrons. The Bertz CT molecular complexity index is 791. The highest BCUT2D eigenvalue weighted by molar-refractivity contribution is 6.12. The number of aromatic amines is 1. The van der Waals surface area contributed by atoms with Gasteiger partial charge in [-0.1, -0.05) is 0 Å². The molecule has 0 unspecified atom stereocenters. The highest BCUT2D eigenvalue weighted by Gasteiger charge is 2.19. The molecule has 0 aliphatic carbocycles. The van der Waals surface area contributed by atoms with Gasteiger partial charge >= 0.3 is 0 Å². The fourth-order valence-electron chi connectivity index (χ4n) is 1.83. The quantitative estimate of drug-likeness (QED) is 0.486. The fraction of sp³-hybridized carbons (Fsp3) is 0.0833. The number of nitrogens with one attached hydrogen (secondary N) is 1. The van der Waals surface area contributed by atoms with Crippen LogP contribution in [0, 0.1) is 10.1 Å². The number of fused-ring (bicyclic) bond motifs is 1. The van der Waals surface area contributed by atoms with Gasteiger partial charge in [0, 0.05) is 31.1 Å². The summed E-state index contributed by atoms with van der Waals surface area (Å²) in [4.78, 5) is 32.4. The number of hydrogen-bond acceptors (Lipinski definition) is 6. The minimum absolute atomic E-state index is 0.146. The Labute approximate surface area is 112 Å².